The molecule has 0 aliphatic heterocycles. The summed E-state index contributed by atoms with van der Waals surface area (Å²) in [4.78, 5) is 4.10. The standard InChI is InChI=1S/C9H9ClN4/c1-14-9(12-5-13-14)8-6(10)3-2-4-7(8)11/h2-5H,11H2,1H3. The number of nitrogens with zero attached hydrogens (tertiary/aromatic N) is 3. The van der Waals surface area contributed by atoms with Crippen molar-refractivity contribution in [2.45, 2.75) is 0 Å². The van der Waals surface area contributed by atoms with Crippen LogP contribution < -0.4 is 5.73 Å². The highest BCUT2D eigenvalue weighted by atomic mass is 35.5. The fraction of sp³-hybridized carbons (Fsp3) is 0.111. The lowest BCUT2D eigenvalue weighted by Gasteiger charge is -2.06. The van der Waals surface area contributed by atoms with Crippen LogP contribution in [-0.2, 0) is 7.05 Å². The second-order valence-corrected chi connectivity index (χ2v) is 3.32. The van der Waals surface area contributed by atoms with Gasteiger partial charge in [-0.05, 0) is 12.1 Å². The third-order valence-corrected chi connectivity index (χ3v) is 2.30. The van der Waals surface area contributed by atoms with Gasteiger partial charge in [0.15, 0.2) is 5.82 Å². The highest BCUT2D eigenvalue weighted by molar-refractivity contribution is 6.33. The highest BCUT2D eigenvalue weighted by Crippen LogP contribution is 2.30. The minimum absolute atomic E-state index is 0.584. The van der Waals surface area contributed by atoms with E-state index in [4.69, 9.17) is 17.3 Å². The first-order valence-electron chi connectivity index (χ1n) is 4.08. The van der Waals surface area contributed by atoms with E-state index in [-0.39, 0.29) is 0 Å². The minimum Gasteiger partial charge on any atom is -0.398 e. The lowest BCUT2D eigenvalue weighted by molar-refractivity contribution is 0.775. The molecular formula is C9H9ClN4. The molecule has 1 heterocycles. The number of nitrogen functional groups attached to an aromatic ring is 1. The van der Waals surface area contributed by atoms with E-state index in [0.717, 1.165) is 5.56 Å². The summed E-state index contributed by atoms with van der Waals surface area (Å²) in [6.45, 7) is 0. The maximum absolute atomic E-state index is 6.03. The molecule has 0 atom stereocenters. The molecule has 72 valence electrons. The van der Waals surface area contributed by atoms with Gasteiger partial charge >= 0.3 is 0 Å². The Balaban J connectivity index is 2.68. The molecule has 1 aromatic carbocycles. The molecule has 1 aromatic heterocycles. The molecule has 0 amide bonds. The van der Waals surface area contributed by atoms with Crippen LogP contribution in [0, 0.1) is 0 Å². The van der Waals surface area contributed by atoms with Gasteiger partial charge in [-0.25, -0.2) is 9.67 Å². The SMILES string of the molecule is Cn1ncnc1-c1c(N)cccc1Cl. The smallest absolute Gasteiger partial charge is 0.161 e. The Labute approximate surface area is 86.3 Å². The van der Waals surface area contributed by atoms with Crippen LogP contribution in [0.25, 0.3) is 11.4 Å². The van der Waals surface area contributed by atoms with Gasteiger partial charge in [-0.2, -0.15) is 5.10 Å². The molecule has 2 N–H and O–H groups in total. The van der Waals surface area contributed by atoms with Crippen LogP contribution in [0.3, 0.4) is 0 Å². The first-order valence-corrected chi connectivity index (χ1v) is 4.46. The first kappa shape index (κ1) is 9.02. The van der Waals surface area contributed by atoms with Crippen LogP contribution in [0.1, 0.15) is 0 Å². The van der Waals surface area contributed by atoms with Gasteiger partial charge in [0, 0.05) is 12.7 Å². The lowest BCUT2D eigenvalue weighted by Crippen LogP contribution is -1.98. The zero-order valence-corrected chi connectivity index (χ0v) is 8.36. The molecule has 0 aliphatic carbocycles. The summed E-state index contributed by atoms with van der Waals surface area (Å²) in [6, 6.07) is 5.37. The van der Waals surface area contributed by atoms with Gasteiger partial charge in [-0.3, -0.25) is 0 Å². The third-order valence-electron chi connectivity index (χ3n) is 1.98. The van der Waals surface area contributed by atoms with E-state index in [1.807, 2.05) is 0 Å². The number of hydrogen-bond acceptors (Lipinski definition) is 3. The number of rotatable bonds is 1. The summed E-state index contributed by atoms with van der Waals surface area (Å²) in [5.41, 5.74) is 7.15. The Hall–Kier alpha value is -1.55. The number of anilines is 1. The Morgan fingerprint density at radius 1 is 1.43 bits per heavy atom. The Bertz CT molecular complexity index is 443. The molecule has 0 bridgehead atoms. The molecule has 0 radical (unpaired) electrons. The predicted octanol–water partition coefficient (Wildman–Crippen LogP) is 1.72. The predicted molar refractivity (Wildman–Crippen MR) is 55.9 cm³/mol. The Morgan fingerprint density at radius 2 is 2.21 bits per heavy atom. The van der Waals surface area contributed by atoms with E-state index in [1.165, 1.54) is 6.33 Å². The largest absolute Gasteiger partial charge is 0.398 e. The van der Waals surface area contributed by atoms with Gasteiger partial charge in [0.1, 0.15) is 6.33 Å². The molecule has 2 rings (SSSR count). The summed E-state index contributed by atoms with van der Waals surface area (Å²) < 4.78 is 1.64. The number of nitrogens with two attached hydrogens (primary N) is 1. The normalized spacial score (nSPS) is 10.4. The molecule has 0 saturated heterocycles. The lowest BCUT2D eigenvalue weighted by atomic mass is 10.1. The van der Waals surface area contributed by atoms with Gasteiger partial charge in [0.05, 0.1) is 10.6 Å². The van der Waals surface area contributed by atoms with Crippen LogP contribution in [0.5, 0.6) is 0 Å². The summed E-state index contributed by atoms with van der Waals surface area (Å²) in [5.74, 6) is 0.674. The molecular weight excluding hydrogens is 200 g/mol. The third kappa shape index (κ3) is 1.33. The van der Waals surface area contributed by atoms with Crippen molar-refractivity contribution in [3.63, 3.8) is 0 Å². The van der Waals surface area contributed by atoms with Crippen molar-refractivity contribution in [2.24, 2.45) is 7.05 Å². The van der Waals surface area contributed by atoms with E-state index < -0.39 is 0 Å². The van der Waals surface area contributed by atoms with Crippen molar-refractivity contribution < 1.29 is 0 Å². The molecule has 0 aliphatic rings. The van der Waals surface area contributed by atoms with Crippen LogP contribution in [-0.4, -0.2) is 14.8 Å². The highest BCUT2D eigenvalue weighted by Gasteiger charge is 2.11. The van der Waals surface area contributed by atoms with Crippen molar-refractivity contribution >= 4 is 17.3 Å². The molecule has 0 unspecified atom stereocenters. The number of aromatic nitrogens is 3. The molecule has 5 heteroatoms. The zero-order valence-electron chi connectivity index (χ0n) is 7.61. The monoisotopic (exact) mass is 208 g/mol. The van der Waals surface area contributed by atoms with E-state index in [1.54, 1.807) is 29.9 Å². The van der Waals surface area contributed by atoms with Crippen molar-refractivity contribution in [3.8, 4) is 11.4 Å². The average molecular weight is 209 g/mol. The quantitative estimate of drug-likeness (QED) is 0.726. The van der Waals surface area contributed by atoms with Gasteiger partial charge in [-0.1, -0.05) is 17.7 Å². The van der Waals surface area contributed by atoms with Gasteiger partial charge in [0.2, 0.25) is 0 Å². The van der Waals surface area contributed by atoms with Crippen molar-refractivity contribution in [2.75, 3.05) is 5.73 Å². The van der Waals surface area contributed by atoms with E-state index in [9.17, 15) is 0 Å². The summed E-state index contributed by atoms with van der Waals surface area (Å²) >= 11 is 6.03. The first-order chi connectivity index (χ1) is 6.70. The van der Waals surface area contributed by atoms with Crippen molar-refractivity contribution in [1.29, 1.82) is 0 Å². The van der Waals surface area contributed by atoms with E-state index in [2.05, 4.69) is 10.1 Å². The second-order valence-electron chi connectivity index (χ2n) is 2.91. The minimum atomic E-state index is 0.584. The van der Waals surface area contributed by atoms with E-state index in [0.29, 0.717) is 16.5 Å². The van der Waals surface area contributed by atoms with Crippen LogP contribution in [0.2, 0.25) is 5.02 Å². The molecule has 2 aromatic rings. The van der Waals surface area contributed by atoms with Crippen LogP contribution in [0.15, 0.2) is 24.5 Å². The van der Waals surface area contributed by atoms with Crippen molar-refractivity contribution in [1.82, 2.24) is 14.8 Å². The Kier molecular flexibility index (Phi) is 2.13. The molecule has 0 spiro atoms. The zero-order chi connectivity index (χ0) is 10.1. The number of aryl methyl sites for hydroxylation is 1. The topological polar surface area (TPSA) is 56.7 Å². The fourth-order valence-corrected chi connectivity index (χ4v) is 1.57. The summed E-state index contributed by atoms with van der Waals surface area (Å²) in [5, 5.41) is 4.55. The maximum atomic E-state index is 6.03. The summed E-state index contributed by atoms with van der Waals surface area (Å²) in [6.07, 6.45) is 1.47. The summed E-state index contributed by atoms with van der Waals surface area (Å²) in [7, 11) is 1.80. The number of hydrogen-bond donors (Lipinski definition) is 1. The fourth-order valence-electron chi connectivity index (χ4n) is 1.30. The van der Waals surface area contributed by atoms with Gasteiger partial charge in [-0.15, -0.1) is 0 Å². The Morgan fingerprint density at radius 3 is 2.79 bits per heavy atom. The number of halogens is 1. The molecule has 0 saturated carbocycles. The van der Waals surface area contributed by atoms with Gasteiger partial charge < -0.3 is 5.73 Å². The van der Waals surface area contributed by atoms with Crippen LogP contribution >= 0.6 is 11.6 Å². The molecule has 4 nitrogen and oxygen atoms in total. The average Bonchev–Trinajstić information content (AvgIpc) is 2.52. The molecule has 14 heavy (non-hydrogen) atoms. The van der Waals surface area contributed by atoms with Gasteiger partial charge in [0.25, 0.3) is 0 Å². The van der Waals surface area contributed by atoms with Crippen LogP contribution in [0.4, 0.5) is 5.69 Å². The van der Waals surface area contributed by atoms with E-state index >= 15 is 0 Å². The second kappa shape index (κ2) is 3.31. The molecule has 0 fully saturated rings. The maximum Gasteiger partial charge on any atom is 0.161 e. The number of benzene rings is 1. The van der Waals surface area contributed by atoms with Crippen molar-refractivity contribution in [3.05, 3.63) is 29.5 Å².